The van der Waals surface area contributed by atoms with Crippen LogP contribution in [0.3, 0.4) is 0 Å². The fourth-order valence-corrected chi connectivity index (χ4v) is 2.58. The minimum atomic E-state index is 0.797. The van der Waals surface area contributed by atoms with E-state index in [-0.39, 0.29) is 0 Å². The van der Waals surface area contributed by atoms with Gasteiger partial charge in [0.2, 0.25) is 0 Å². The molecule has 0 spiro atoms. The number of nitrogens with two attached hydrogens (primary N) is 1. The van der Waals surface area contributed by atoms with Gasteiger partial charge in [-0.15, -0.1) is 0 Å². The second kappa shape index (κ2) is 5.45. The zero-order valence-electron chi connectivity index (χ0n) is 11.1. The second-order valence-corrected chi connectivity index (χ2v) is 5.03. The summed E-state index contributed by atoms with van der Waals surface area (Å²) in [5.74, 6) is 0. The molecule has 19 heavy (non-hydrogen) atoms. The molecule has 2 heteroatoms. The normalized spacial score (nSPS) is 11.4. The van der Waals surface area contributed by atoms with Crippen LogP contribution in [0.4, 0.5) is 0 Å². The van der Waals surface area contributed by atoms with Crippen LogP contribution in [0.1, 0.15) is 24.8 Å². The van der Waals surface area contributed by atoms with Crippen LogP contribution >= 0.6 is 0 Å². The molecule has 3 aromatic rings. The minimum Gasteiger partial charge on any atom is -0.456 e. The fraction of sp³-hybridized carbons (Fsp3) is 0.294. The van der Waals surface area contributed by atoms with Gasteiger partial charge in [-0.3, -0.25) is 0 Å². The van der Waals surface area contributed by atoms with Crippen molar-refractivity contribution in [1.29, 1.82) is 0 Å². The summed E-state index contributed by atoms with van der Waals surface area (Å²) in [5.41, 5.74) is 8.85. The summed E-state index contributed by atoms with van der Waals surface area (Å²) in [6.45, 7) is 0.797. The monoisotopic (exact) mass is 253 g/mol. The fourth-order valence-electron chi connectivity index (χ4n) is 2.58. The number of fused-ring (bicyclic) bond motifs is 3. The van der Waals surface area contributed by atoms with Gasteiger partial charge in [0, 0.05) is 10.8 Å². The van der Waals surface area contributed by atoms with Gasteiger partial charge in [0.1, 0.15) is 11.2 Å². The Bertz CT molecular complexity index is 684. The van der Waals surface area contributed by atoms with Crippen molar-refractivity contribution in [2.24, 2.45) is 5.73 Å². The maximum absolute atomic E-state index is 5.83. The minimum absolute atomic E-state index is 0.797. The second-order valence-electron chi connectivity index (χ2n) is 5.03. The zero-order valence-corrected chi connectivity index (χ0v) is 11.1. The number of hydrogen-bond donors (Lipinski definition) is 1. The van der Waals surface area contributed by atoms with Crippen LogP contribution < -0.4 is 5.73 Å². The lowest BCUT2D eigenvalue weighted by atomic mass is 10.0. The first-order valence-electron chi connectivity index (χ1n) is 6.99. The highest BCUT2D eigenvalue weighted by Gasteiger charge is 2.06. The van der Waals surface area contributed by atoms with Crippen molar-refractivity contribution >= 4 is 21.9 Å². The quantitative estimate of drug-likeness (QED) is 0.690. The molecule has 0 atom stereocenters. The topological polar surface area (TPSA) is 39.2 Å². The van der Waals surface area contributed by atoms with Gasteiger partial charge in [-0.25, -0.2) is 0 Å². The van der Waals surface area contributed by atoms with Crippen molar-refractivity contribution in [3.8, 4) is 0 Å². The molecule has 0 aliphatic rings. The molecule has 0 aliphatic carbocycles. The molecule has 1 aromatic heterocycles. The van der Waals surface area contributed by atoms with Crippen molar-refractivity contribution in [3.05, 3.63) is 48.0 Å². The summed E-state index contributed by atoms with van der Waals surface area (Å²) in [5, 5.41) is 2.44. The van der Waals surface area contributed by atoms with Gasteiger partial charge in [-0.1, -0.05) is 30.7 Å². The van der Waals surface area contributed by atoms with Crippen molar-refractivity contribution < 1.29 is 4.42 Å². The molecule has 0 bridgehead atoms. The van der Waals surface area contributed by atoms with E-state index in [1.165, 1.54) is 29.2 Å². The highest BCUT2D eigenvalue weighted by Crippen LogP contribution is 2.29. The Morgan fingerprint density at radius 2 is 1.68 bits per heavy atom. The van der Waals surface area contributed by atoms with Crippen LogP contribution in [0.25, 0.3) is 21.9 Å². The molecule has 0 fully saturated rings. The van der Waals surface area contributed by atoms with Gasteiger partial charge in [-0.2, -0.15) is 0 Å². The molecule has 0 unspecified atom stereocenters. The predicted molar refractivity (Wildman–Crippen MR) is 80.3 cm³/mol. The van der Waals surface area contributed by atoms with Crippen LogP contribution in [0.15, 0.2) is 46.9 Å². The third-order valence-electron chi connectivity index (χ3n) is 3.61. The van der Waals surface area contributed by atoms with Crippen molar-refractivity contribution in [2.75, 3.05) is 6.54 Å². The lowest BCUT2D eigenvalue weighted by Crippen LogP contribution is -1.98. The van der Waals surface area contributed by atoms with E-state index in [0.717, 1.165) is 30.6 Å². The Labute approximate surface area is 113 Å². The Balaban J connectivity index is 1.89. The number of hydrogen-bond acceptors (Lipinski definition) is 2. The SMILES string of the molecule is NCCCCCc1ccc2oc3ccccc3c2c1. The highest BCUT2D eigenvalue weighted by molar-refractivity contribution is 6.04. The average molecular weight is 253 g/mol. The molecule has 0 saturated heterocycles. The molecular weight excluding hydrogens is 234 g/mol. The van der Waals surface area contributed by atoms with E-state index < -0.39 is 0 Å². The molecule has 1 heterocycles. The van der Waals surface area contributed by atoms with Crippen LogP contribution in [-0.2, 0) is 6.42 Å². The molecule has 0 saturated carbocycles. The Morgan fingerprint density at radius 3 is 2.58 bits per heavy atom. The summed E-state index contributed by atoms with van der Waals surface area (Å²) in [4.78, 5) is 0. The predicted octanol–water partition coefficient (Wildman–Crippen LogP) is 4.26. The van der Waals surface area contributed by atoms with Gasteiger partial charge >= 0.3 is 0 Å². The molecule has 98 valence electrons. The summed E-state index contributed by atoms with van der Waals surface area (Å²) >= 11 is 0. The van der Waals surface area contributed by atoms with Gasteiger partial charge < -0.3 is 10.2 Å². The van der Waals surface area contributed by atoms with Crippen LogP contribution in [0.2, 0.25) is 0 Å². The van der Waals surface area contributed by atoms with Crippen molar-refractivity contribution in [1.82, 2.24) is 0 Å². The summed E-state index contributed by atoms with van der Waals surface area (Å²) in [6.07, 6.45) is 4.66. The molecular formula is C17H19NO. The molecule has 3 rings (SSSR count). The number of rotatable bonds is 5. The number of aryl methyl sites for hydroxylation is 1. The number of para-hydroxylation sites is 1. The third-order valence-corrected chi connectivity index (χ3v) is 3.61. The van der Waals surface area contributed by atoms with Crippen molar-refractivity contribution in [2.45, 2.75) is 25.7 Å². The third kappa shape index (κ3) is 2.49. The number of benzene rings is 2. The molecule has 2 N–H and O–H groups in total. The first-order chi connectivity index (χ1) is 9.38. The largest absolute Gasteiger partial charge is 0.456 e. The number of furan rings is 1. The summed E-state index contributed by atoms with van der Waals surface area (Å²) in [6, 6.07) is 14.8. The van der Waals surface area contributed by atoms with E-state index in [1.807, 2.05) is 12.1 Å². The van der Waals surface area contributed by atoms with E-state index in [9.17, 15) is 0 Å². The van der Waals surface area contributed by atoms with E-state index in [0.29, 0.717) is 0 Å². The maximum atomic E-state index is 5.83. The van der Waals surface area contributed by atoms with Crippen LogP contribution in [0.5, 0.6) is 0 Å². The van der Waals surface area contributed by atoms with Crippen molar-refractivity contribution in [3.63, 3.8) is 0 Å². The first-order valence-corrected chi connectivity index (χ1v) is 6.99. The van der Waals surface area contributed by atoms with Gasteiger partial charge in [-0.05, 0) is 49.6 Å². The van der Waals surface area contributed by atoms with Gasteiger partial charge in [0.25, 0.3) is 0 Å². The van der Waals surface area contributed by atoms with Gasteiger partial charge in [0.05, 0.1) is 0 Å². The lowest BCUT2D eigenvalue weighted by Gasteiger charge is -2.01. The average Bonchev–Trinajstić information content (AvgIpc) is 2.82. The highest BCUT2D eigenvalue weighted by atomic mass is 16.3. The van der Waals surface area contributed by atoms with E-state index in [4.69, 9.17) is 10.2 Å². The Hall–Kier alpha value is -1.80. The smallest absolute Gasteiger partial charge is 0.135 e. The first kappa shape index (κ1) is 12.2. The number of unbranched alkanes of at least 4 members (excludes halogenated alkanes) is 2. The lowest BCUT2D eigenvalue weighted by molar-refractivity contribution is 0.667. The van der Waals surface area contributed by atoms with E-state index in [1.54, 1.807) is 0 Å². The maximum Gasteiger partial charge on any atom is 0.135 e. The Morgan fingerprint density at radius 1 is 0.842 bits per heavy atom. The standard InChI is InChI=1S/C17H19NO/c18-11-5-1-2-6-13-9-10-17-15(12-13)14-7-3-4-8-16(14)19-17/h3-4,7-10,12H,1-2,5-6,11,18H2. The summed E-state index contributed by atoms with van der Waals surface area (Å²) in [7, 11) is 0. The molecule has 2 aromatic carbocycles. The van der Waals surface area contributed by atoms with E-state index in [2.05, 4.69) is 30.3 Å². The molecule has 0 amide bonds. The zero-order chi connectivity index (χ0) is 13.1. The summed E-state index contributed by atoms with van der Waals surface area (Å²) < 4.78 is 5.83. The van der Waals surface area contributed by atoms with E-state index >= 15 is 0 Å². The van der Waals surface area contributed by atoms with Crippen LogP contribution in [-0.4, -0.2) is 6.54 Å². The Kier molecular flexibility index (Phi) is 3.51. The van der Waals surface area contributed by atoms with Crippen LogP contribution in [0, 0.1) is 0 Å². The molecule has 2 nitrogen and oxygen atoms in total. The van der Waals surface area contributed by atoms with Gasteiger partial charge in [0.15, 0.2) is 0 Å². The molecule has 0 aliphatic heterocycles. The molecule has 0 radical (unpaired) electrons.